The number of likely N-dealkylation sites (N-methyl/N-ethyl adjacent to an activating group) is 2. The standard InChI is InChI=1S/C49H62Cl4N6O12S2/c1-58-28-40(38-24-34(50)26-44(52)42(38)30-58)32-4-8-36(9-5-32)72(64,65)56-12-3-16-68-20-21-69-17-13-54-48(62)46(60)47(61)49(63)55-14-18-70-22-23-71-19-15-57-73(66,67)37-10-6-33(7-11-37)41-29-59(2)31-43-39(41)25-35(51)27-45(43)53/h4-11,24-27,40-41,46-47,56-57,60-61H,3,12-23,28-31H2,1-2H3,(H,54,62)(H,55,63)/t40?,41?,46-,47-/m1/s1. The summed E-state index contributed by atoms with van der Waals surface area (Å²) >= 11 is 25.6. The van der Waals surface area contributed by atoms with E-state index in [-0.39, 0.29) is 101 Å². The minimum absolute atomic E-state index is 0.0155. The number of aliphatic hydroxyl groups is 2. The molecule has 4 aromatic carbocycles. The number of sulfonamides is 2. The lowest BCUT2D eigenvalue weighted by Crippen LogP contribution is -2.50. The summed E-state index contributed by atoms with van der Waals surface area (Å²) in [5.74, 6) is -1.99. The van der Waals surface area contributed by atoms with Crippen LogP contribution in [0.15, 0.2) is 82.6 Å². The van der Waals surface area contributed by atoms with Gasteiger partial charge in [0.15, 0.2) is 12.2 Å². The van der Waals surface area contributed by atoms with E-state index in [0.29, 0.717) is 39.6 Å². The number of nitrogens with zero attached hydrogens (tertiary/aromatic N) is 2. The number of carbonyl (C=O) groups excluding carboxylic acids is 2. The fourth-order valence-electron chi connectivity index (χ4n) is 8.45. The number of hydrogen-bond donors (Lipinski definition) is 6. The van der Waals surface area contributed by atoms with Gasteiger partial charge in [0.25, 0.3) is 11.8 Å². The van der Waals surface area contributed by atoms with Gasteiger partial charge in [-0.3, -0.25) is 9.59 Å². The summed E-state index contributed by atoms with van der Waals surface area (Å²) in [6, 6.07) is 20.8. The maximum Gasteiger partial charge on any atom is 0.252 e. The smallest absolute Gasteiger partial charge is 0.252 e. The van der Waals surface area contributed by atoms with Crippen molar-refractivity contribution in [3.05, 3.63) is 126 Å². The maximum atomic E-state index is 12.9. The number of benzene rings is 4. The first-order valence-corrected chi connectivity index (χ1v) is 28.1. The molecule has 2 aliphatic rings. The molecule has 0 bridgehead atoms. The van der Waals surface area contributed by atoms with Crippen LogP contribution >= 0.6 is 46.4 Å². The lowest BCUT2D eigenvalue weighted by Gasteiger charge is -2.33. The zero-order chi connectivity index (χ0) is 52.7. The van der Waals surface area contributed by atoms with Gasteiger partial charge in [-0.05, 0) is 102 Å². The third-order valence-electron chi connectivity index (χ3n) is 12.1. The van der Waals surface area contributed by atoms with Crippen LogP contribution in [0.5, 0.6) is 0 Å². The summed E-state index contributed by atoms with van der Waals surface area (Å²) in [4.78, 5) is 29.2. The highest BCUT2D eigenvalue weighted by atomic mass is 35.5. The molecular weight excluding hydrogens is 1070 g/mol. The van der Waals surface area contributed by atoms with E-state index < -0.39 is 44.1 Å². The molecule has 400 valence electrons. The monoisotopic (exact) mass is 1130 g/mol. The molecule has 2 unspecified atom stereocenters. The van der Waals surface area contributed by atoms with Crippen LogP contribution in [0, 0.1) is 0 Å². The molecule has 2 aliphatic heterocycles. The van der Waals surface area contributed by atoms with Crippen LogP contribution in [0.1, 0.15) is 51.6 Å². The quantitative estimate of drug-likeness (QED) is 0.0440. The Bertz CT molecular complexity index is 2710. The fourth-order valence-corrected chi connectivity index (χ4v) is 11.7. The molecule has 18 nitrogen and oxygen atoms in total. The van der Waals surface area contributed by atoms with E-state index in [1.54, 1.807) is 48.5 Å². The van der Waals surface area contributed by atoms with Crippen molar-refractivity contribution in [2.75, 3.05) is 106 Å². The predicted octanol–water partition coefficient (Wildman–Crippen LogP) is 4.12. The van der Waals surface area contributed by atoms with Gasteiger partial charge in [-0.25, -0.2) is 26.3 Å². The summed E-state index contributed by atoms with van der Waals surface area (Å²) in [5.41, 5.74) is 5.97. The predicted molar refractivity (Wildman–Crippen MR) is 278 cm³/mol. The first-order valence-electron chi connectivity index (χ1n) is 23.6. The molecule has 0 radical (unpaired) electrons. The molecule has 0 spiro atoms. The van der Waals surface area contributed by atoms with Crippen molar-refractivity contribution < 1.29 is 55.6 Å². The number of rotatable bonds is 28. The molecule has 0 saturated carbocycles. The van der Waals surface area contributed by atoms with Crippen LogP contribution in [0.4, 0.5) is 0 Å². The van der Waals surface area contributed by atoms with Gasteiger partial charge in [0.1, 0.15) is 0 Å². The molecule has 0 fully saturated rings. The van der Waals surface area contributed by atoms with Crippen molar-refractivity contribution in [2.24, 2.45) is 0 Å². The number of nitrogens with one attached hydrogen (secondary N) is 4. The number of carbonyl (C=O) groups is 2. The summed E-state index contributed by atoms with van der Waals surface area (Å²) in [5, 5.41) is 27.4. The number of halogens is 4. The van der Waals surface area contributed by atoms with Crippen LogP contribution in [-0.2, 0) is 61.7 Å². The summed E-state index contributed by atoms with van der Waals surface area (Å²) in [6.07, 6.45) is -3.65. The Morgan fingerprint density at radius 3 is 1.34 bits per heavy atom. The number of ether oxygens (including phenoxy) is 4. The topological polar surface area (TPSA) is 234 Å². The van der Waals surface area contributed by atoms with Crippen molar-refractivity contribution in [2.45, 2.75) is 53.3 Å². The van der Waals surface area contributed by atoms with E-state index in [1.807, 2.05) is 38.4 Å². The second-order valence-corrected chi connectivity index (χ2v) is 22.8. The maximum absolute atomic E-state index is 12.9. The van der Waals surface area contributed by atoms with Gasteiger partial charge < -0.3 is 49.6 Å². The zero-order valence-electron chi connectivity index (χ0n) is 40.5. The Morgan fingerprint density at radius 1 is 0.562 bits per heavy atom. The Balaban J connectivity index is 0.745. The zero-order valence-corrected chi connectivity index (χ0v) is 45.1. The Labute approximate surface area is 447 Å². The van der Waals surface area contributed by atoms with Crippen LogP contribution in [0.2, 0.25) is 20.1 Å². The van der Waals surface area contributed by atoms with Gasteiger partial charge in [-0.2, -0.15) is 0 Å². The Morgan fingerprint density at radius 2 is 0.932 bits per heavy atom. The first-order chi connectivity index (χ1) is 34.8. The number of aliphatic hydroxyl groups excluding tert-OH is 2. The third-order valence-corrected chi connectivity index (χ3v) is 16.2. The van der Waals surface area contributed by atoms with E-state index in [9.17, 15) is 36.6 Å². The van der Waals surface area contributed by atoms with E-state index in [1.165, 1.54) is 0 Å². The number of fused-ring (bicyclic) bond motifs is 2. The van der Waals surface area contributed by atoms with E-state index in [2.05, 4.69) is 29.9 Å². The molecule has 0 aromatic heterocycles. The first kappa shape index (κ1) is 58.7. The van der Waals surface area contributed by atoms with Crippen molar-refractivity contribution in [3.8, 4) is 0 Å². The molecule has 2 amide bonds. The molecule has 24 heteroatoms. The summed E-state index contributed by atoms with van der Waals surface area (Å²) in [7, 11) is -3.54. The Hall–Kier alpha value is -3.52. The normalized spacial score (nSPS) is 17.2. The van der Waals surface area contributed by atoms with Gasteiger partial charge in [0.2, 0.25) is 20.0 Å². The lowest BCUT2D eigenvalue weighted by atomic mass is 9.85. The van der Waals surface area contributed by atoms with Crippen molar-refractivity contribution >= 4 is 78.3 Å². The van der Waals surface area contributed by atoms with Gasteiger partial charge >= 0.3 is 0 Å². The average molecular weight is 1130 g/mol. The molecule has 0 aliphatic carbocycles. The van der Waals surface area contributed by atoms with Gasteiger partial charge in [-0.15, -0.1) is 0 Å². The number of hydrogen-bond acceptors (Lipinski definition) is 14. The van der Waals surface area contributed by atoms with Gasteiger partial charge in [0, 0.05) is 90.9 Å². The highest BCUT2D eigenvalue weighted by Gasteiger charge is 2.31. The molecular formula is C49H62Cl4N6O12S2. The molecule has 2 heterocycles. The summed E-state index contributed by atoms with van der Waals surface area (Å²) in [6.45, 7) is 4.08. The van der Waals surface area contributed by atoms with Crippen molar-refractivity contribution in [1.82, 2.24) is 29.9 Å². The van der Waals surface area contributed by atoms with Crippen molar-refractivity contribution in [3.63, 3.8) is 0 Å². The van der Waals surface area contributed by atoms with E-state index >= 15 is 0 Å². The van der Waals surface area contributed by atoms with Gasteiger partial charge in [0.05, 0.1) is 56.0 Å². The van der Waals surface area contributed by atoms with Crippen molar-refractivity contribution in [1.29, 1.82) is 0 Å². The molecule has 73 heavy (non-hydrogen) atoms. The number of amides is 2. The van der Waals surface area contributed by atoms with E-state index in [4.69, 9.17) is 65.4 Å². The third kappa shape index (κ3) is 17.0. The Kier molecular flexibility index (Phi) is 22.6. The van der Waals surface area contributed by atoms with Gasteiger partial charge in [-0.1, -0.05) is 70.7 Å². The van der Waals surface area contributed by atoms with Crippen LogP contribution in [0.3, 0.4) is 0 Å². The summed E-state index contributed by atoms with van der Waals surface area (Å²) < 4.78 is 78.6. The molecule has 6 N–H and O–H groups in total. The minimum atomic E-state index is -3.80. The highest BCUT2D eigenvalue weighted by molar-refractivity contribution is 7.89. The molecule has 0 saturated heterocycles. The largest absolute Gasteiger partial charge is 0.380 e. The van der Waals surface area contributed by atoms with Crippen LogP contribution in [0.25, 0.3) is 0 Å². The molecule has 4 aromatic rings. The SMILES string of the molecule is CN1Cc2c(Cl)cc(Cl)cc2C(c2ccc(S(=O)(=O)NCCCOCCOCCNC(=O)[C@H](O)[C@@H](O)C(=O)NCCOCCOCCNS(=O)(=O)c3ccc(C4CN(C)Cc5c(Cl)cc(Cl)cc54)cc3)cc2)C1. The van der Waals surface area contributed by atoms with Crippen LogP contribution < -0.4 is 20.1 Å². The van der Waals surface area contributed by atoms with E-state index in [0.717, 1.165) is 46.5 Å². The minimum Gasteiger partial charge on any atom is -0.380 e. The average Bonchev–Trinajstić information content (AvgIpc) is 3.35. The highest BCUT2D eigenvalue weighted by Crippen LogP contribution is 2.40. The second kappa shape index (κ2) is 28.0. The molecule has 4 atom stereocenters. The van der Waals surface area contributed by atoms with Crippen LogP contribution in [-0.4, -0.2) is 167 Å². The fraction of sp³-hybridized carbons (Fsp3) is 0.469. The molecule has 6 rings (SSSR count). The lowest BCUT2D eigenvalue weighted by molar-refractivity contribution is -0.146. The second-order valence-electron chi connectivity index (χ2n) is 17.6.